The zero-order valence-corrected chi connectivity index (χ0v) is 12.4. The molecule has 7 nitrogen and oxygen atoms in total. The molecule has 0 fully saturated rings. The van der Waals surface area contributed by atoms with Crippen molar-refractivity contribution in [1.29, 1.82) is 0 Å². The van der Waals surface area contributed by atoms with Crippen molar-refractivity contribution in [3.8, 4) is 5.75 Å². The molecule has 1 aromatic heterocycles. The van der Waals surface area contributed by atoms with E-state index in [4.69, 9.17) is 9.47 Å². The lowest BCUT2D eigenvalue weighted by molar-refractivity contribution is 0.0601. The first-order valence-electron chi connectivity index (χ1n) is 6.66. The van der Waals surface area contributed by atoms with Crippen LogP contribution in [0.5, 0.6) is 5.75 Å². The summed E-state index contributed by atoms with van der Waals surface area (Å²) in [6.45, 7) is 0. The van der Waals surface area contributed by atoms with Gasteiger partial charge in [-0.3, -0.25) is 0 Å². The van der Waals surface area contributed by atoms with Gasteiger partial charge in [-0.2, -0.15) is 0 Å². The Hall–Kier alpha value is -3.22. The standard InChI is InChI=1S/C16H12N2O5/c1-22-11-7-6-9(16(21)23-2)13-14(11)18-12-8(15(19)20)4-3-5-10(12)17-13/h3-7H,1-2H3,(H,19,20). The first-order chi connectivity index (χ1) is 11.1. The minimum atomic E-state index is -1.10. The fraction of sp³-hybridized carbons (Fsp3) is 0.125. The predicted molar refractivity (Wildman–Crippen MR) is 81.9 cm³/mol. The van der Waals surface area contributed by atoms with Gasteiger partial charge >= 0.3 is 11.9 Å². The van der Waals surface area contributed by atoms with E-state index in [9.17, 15) is 14.7 Å². The number of ether oxygens (including phenoxy) is 2. The van der Waals surface area contributed by atoms with E-state index in [1.165, 1.54) is 26.4 Å². The quantitative estimate of drug-likeness (QED) is 0.585. The summed E-state index contributed by atoms with van der Waals surface area (Å²) in [7, 11) is 2.73. The number of aromatic nitrogens is 2. The highest BCUT2D eigenvalue weighted by atomic mass is 16.5. The molecule has 23 heavy (non-hydrogen) atoms. The molecule has 3 rings (SSSR count). The Morgan fingerprint density at radius 3 is 2.39 bits per heavy atom. The van der Waals surface area contributed by atoms with Crippen LogP contribution in [0.25, 0.3) is 22.1 Å². The van der Waals surface area contributed by atoms with Gasteiger partial charge in [-0.05, 0) is 24.3 Å². The van der Waals surface area contributed by atoms with Gasteiger partial charge in [0.15, 0.2) is 0 Å². The van der Waals surface area contributed by atoms with Crippen LogP contribution in [-0.4, -0.2) is 41.2 Å². The van der Waals surface area contributed by atoms with E-state index < -0.39 is 11.9 Å². The second-order valence-corrected chi connectivity index (χ2v) is 4.71. The Morgan fingerprint density at radius 2 is 1.74 bits per heavy atom. The van der Waals surface area contributed by atoms with Crippen LogP contribution in [0.3, 0.4) is 0 Å². The molecular weight excluding hydrogens is 300 g/mol. The number of fused-ring (bicyclic) bond motifs is 2. The summed E-state index contributed by atoms with van der Waals surface area (Å²) in [5, 5.41) is 9.29. The number of esters is 1. The molecule has 1 heterocycles. The van der Waals surface area contributed by atoms with E-state index in [-0.39, 0.29) is 16.6 Å². The van der Waals surface area contributed by atoms with Gasteiger partial charge in [-0.15, -0.1) is 0 Å². The molecule has 0 spiro atoms. The van der Waals surface area contributed by atoms with Crippen molar-refractivity contribution in [2.45, 2.75) is 0 Å². The molecule has 0 aliphatic heterocycles. The van der Waals surface area contributed by atoms with Gasteiger partial charge < -0.3 is 14.6 Å². The first kappa shape index (κ1) is 14.7. The number of hydrogen-bond donors (Lipinski definition) is 1. The molecule has 1 N–H and O–H groups in total. The molecule has 0 atom stereocenters. The van der Waals surface area contributed by atoms with E-state index in [2.05, 4.69) is 9.97 Å². The summed E-state index contributed by atoms with van der Waals surface area (Å²) in [4.78, 5) is 32.0. The fourth-order valence-electron chi connectivity index (χ4n) is 2.37. The van der Waals surface area contributed by atoms with E-state index >= 15 is 0 Å². The third-order valence-electron chi connectivity index (χ3n) is 3.44. The number of benzene rings is 2. The average molecular weight is 312 g/mol. The van der Waals surface area contributed by atoms with Crippen molar-refractivity contribution in [3.63, 3.8) is 0 Å². The summed E-state index contributed by atoms with van der Waals surface area (Å²) in [5.74, 6) is -1.27. The van der Waals surface area contributed by atoms with Crippen molar-refractivity contribution in [1.82, 2.24) is 9.97 Å². The topological polar surface area (TPSA) is 98.6 Å². The number of carbonyl (C=O) groups excluding carboxylic acids is 1. The molecule has 0 aliphatic rings. The maximum absolute atomic E-state index is 11.9. The lowest BCUT2D eigenvalue weighted by Crippen LogP contribution is -2.06. The second-order valence-electron chi connectivity index (χ2n) is 4.71. The number of carbonyl (C=O) groups is 2. The highest BCUT2D eigenvalue weighted by molar-refractivity contribution is 6.07. The molecule has 116 valence electrons. The smallest absolute Gasteiger partial charge is 0.340 e. The van der Waals surface area contributed by atoms with Crippen LogP contribution in [0.1, 0.15) is 20.7 Å². The molecule has 2 aromatic carbocycles. The number of carboxylic acids is 1. The van der Waals surface area contributed by atoms with Crippen molar-refractivity contribution >= 4 is 34.0 Å². The second kappa shape index (κ2) is 5.53. The molecular formula is C16H12N2O5. The molecule has 3 aromatic rings. The Labute approximate surface area is 130 Å². The van der Waals surface area contributed by atoms with Gasteiger partial charge in [-0.1, -0.05) is 6.07 Å². The van der Waals surface area contributed by atoms with E-state index in [0.29, 0.717) is 22.3 Å². The minimum absolute atomic E-state index is 0.0300. The Balaban J connectivity index is 2.46. The largest absolute Gasteiger partial charge is 0.494 e. The fourth-order valence-corrected chi connectivity index (χ4v) is 2.37. The number of nitrogens with zero attached hydrogens (tertiary/aromatic N) is 2. The number of hydrogen-bond acceptors (Lipinski definition) is 6. The molecule has 0 saturated heterocycles. The predicted octanol–water partition coefficient (Wildman–Crippen LogP) is 2.28. The van der Waals surface area contributed by atoms with Gasteiger partial charge in [0.25, 0.3) is 0 Å². The lowest BCUT2D eigenvalue weighted by atomic mass is 10.1. The maximum Gasteiger partial charge on any atom is 0.340 e. The third-order valence-corrected chi connectivity index (χ3v) is 3.44. The molecule has 0 aliphatic carbocycles. The Kier molecular flexibility index (Phi) is 3.53. The van der Waals surface area contributed by atoms with Crippen molar-refractivity contribution in [3.05, 3.63) is 41.5 Å². The number of carboxylic acid groups (broad SMARTS) is 1. The normalized spacial score (nSPS) is 10.7. The molecule has 7 heteroatoms. The van der Waals surface area contributed by atoms with Gasteiger partial charge in [0.05, 0.1) is 30.9 Å². The third kappa shape index (κ3) is 2.32. The SMILES string of the molecule is COC(=O)c1ccc(OC)c2nc3c(C(=O)O)cccc3nc12. The van der Waals surface area contributed by atoms with Crippen LogP contribution in [0, 0.1) is 0 Å². The molecule has 0 unspecified atom stereocenters. The van der Waals surface area contributed by atoms with Crippen LogP contribution in [0.15, 0.2) is 30.3 Å². The molecule has 0 amide bonds. The van der Waals surface area contributed by atoms with Gasteiger partial charge in [0.2, 0.25) is 0 Å². The van der Waals surface area contributed by atoms with Gasteiger partial charge in [-0.25, -0.2) is 19.6 Å². The van der Waals surface area contributed by atoms with Crippen LogP contribution >= 0.6 is 0 Å². The molecule has 0 bridgehead atoms. The van der Waals surface area contributed by atoms with E-state index in [1.54, 1.807) is 18.2 Å². The van der Waals surface area contributed by atoms with Crippen LogP contribution in [-0.2, 0) is 4.74 Å². The zero-order valence-electron chi connectivity index (χ0n) is 12.4. The number of methoxy groups -OCH3 is 2. The summed E-state index contributed by atoms with van der Waals surface area (Å²) < 4.78 is 9.99. The number of aromatic carboxylic acids is 1. The number of para-hydroxylation sites is 1. The van der Waals surface area contributed by atoms with E-state index in [1.807, 2.05) is 0 Å². The Morgan fingerprint density at radius 1 is 0.957 bits per heavy atom. The maximum atomic E-state index is 11.9. The van der Waals surface area contributed by atoms with Crippen LogP contribution in [0.2, 0.25) is 0 Å². The van der Waals surface area contributed by atoms with Gasteiger partial charge in [0, 0.05) is 0 Å². The minimum Gasteiger partial charge on any atom is -0.494 e. The first-order valence-corrected chi connectivity index (χ1v) is 6.66. The highest BCUT2D eigenvalue weighted by Crippen LogP contribution is 2.29. The monoisotopic (exact) mass is 312 g/mol. The van der Waals surface area contributed by atoms with E-state index in [0.717, 1.165) is 0 Å². The summed E-state index contributed by atoms with van der Waals surface area (Å²) in [6, 6.07) is 7.76. The summed E-state index contributed by atoms with van der Waals surface area (Å²) >= 11 is 0. The number of rotatable bonds is 3. The molecule has 0 saturated carbocycles. The molecule has 0 radical (unpaired) electrons. The summed E-state index contributed by atoms with van der Waals surface area (Å²) in [5.41, 5.74) is 1.47. The van der Waals surface area contributed by atoms with Crippen molar-refractivity contribution in [2.75, 3.05) is 14.2 Å². The summed E-state index contributed by atoms with van der Waals surface area (Å²) in [6.07, 6.45) is 0. The zero-order chi connectivity index (χ0) is 16.6. The highest BCUT2D eigenvalue weighted by Gasteiger charge is 2.19. The Bertz CT molecular complexity index is 952. The van der Waals surface area contributed by atoms with Crippen LogP contribution < -0.4 is 4.74 Å². The van der Waals surface area contributed by atoms with Crippen molar-refractivity contribution < 1.29 is 24.2 Å². The average Bonchev–Trinajstić information content (AvgIpc) is 2.57. The van der Waals surface area contributed by atoms with Crippen LogP contribution in [0.4, 0.5) is 0 Å². The van der Waals surface area contributed by atoms with Gasteiger partial charge in [0.1, 0.15) is 22.3 Å². The van der Waals surface area contributed by atoms with Crippen molar-refractivity contribution in [2.24, 2.45) is 0 Å². The lowest BCUT2D eigenvalue weighted by Gasteiger charge is -2.10.